The first-order chi connectivity index (χ1) is 15.6. The molecule has 6 rings (SSSR count). The number of hydrogen-bond donors (Lipinski definition) is 1. The first kappa shape index (κ1) is 18.5. The van der Waals surface area contributed by atoms with Crippen molar-refractivity contribution in [1.29, 1.82) is 0 Å². The van der Waals surface area contributed by atoms with Crippen LogP contribution in [0.4, 0.5) is 0 Å². The van der Waals surface area contributed by atoms with Gasteiger partial charge in [0, 0.05) is 37.6 Å². The Labute approximate surface area is 181 Å². The predicted molar refractivity (Wildman–Crippen MR) is 112 cm³/mol. The fourth-order valence-corrected chi connectivity index (χ4v) is 4.14. The van der Waals surface area contributed by atoms with E-state index in [9.17, 15) is 4.79 Å². The first-order valence-corrected chi connectivity index (χ1v) is 10.2. The summed E-state index contributed by atoms with van der Waals surface area (Å²) < 4.78 is 9.27. The van der Waals surface area contributed by atoms with Crippen molar-refractivity contribution in [2.75, 3.05) is 6.54 Å². The van der Waals surface area contributed by atoms with E-state index >= 15 is 0 Å². The molecule has 0 saturated carbocycles. The average molecular weight is 429 g/mol. The van der Waals surface area contributed by atoms with Crippen molar-refractivity contribution in [2.24, 2.45) is 7.05 Å². The van der Waals surface area contributed by atoms with E-state index in [0.29, 0.717) is 18.5 Å². The van der Waals surface area contributed by atoms with Crippen molar-refractivity contribution in [3.8, 4) is 11.5 Å². The van der Waals surface area contributed by atoms with Gasteiger partial charge in [0.15, 0.2) is 0 Å². The molecule has 32 heavy (non-hydrogen) atoms. The molecule has 0 bridgehead atoms. The normalized spacial score (nSPS) is 15.9. The number of pyridine rings is 1. The third-order valence-electron chi connectivity index (χ3n) is 5.93. The van der Waals surface area contributed by atoms with Crippen LogP contribution in [0.1, 0.15) is 39.5 Å². The average Bonchev–Trinajstić information content (AvgIpc) is 3.59. The molecule has 1 aliphatic rings. The molecule has 11 nitrogen and oxygen atoms in total. The van der Waals surface area contributed by atoms with Gasteiger partial charge in [0.2, 0.25) is 0 Å². The summed E-state index contributed by atoms with van der Waals surface area (Å²) in [7, 11) is 1.83. The second-order valence-electron chi connectivity index (χ2n) is 7.74. The largest absolute Gasteiger partial charge is 0.412 e. The minimum Gasteiger partial charge on any atom is -0.412 e. The van der Waals surface area contributed by atoms with E-state index in [1.807, 2.05) is 44.4 Å². The molecule has 0 spiro atoms. The van der Waals surface area contributed by atoms with E-state index in [4.69, 9.17) is 9.52 Å². The number of H-pyrrole nitrogens is 1. The monoisotopic (exact) mass is 429 g/mol. The topological polar surface area (TPSA) is 123 Å². The zero-order valence-electron chi connectivity index (χ0n) is 17.4. The SMILES string of the molecule is Cc1c(-c2nnc(C(=O)N3CCc4[nH]cnc4[C@H]3c3cc4ccccn4n3)o2)cnn1C. The van der Waals surface area contributed by atoms with Crippen LogP contribution in [-0.4, -0.2) is 56.9 Å². The number of carbonyl (C=O) groups is 1. The van der Waals surface area contributed by atoms with Crippen LogP contribution in [0.2, 0.25) is 0 Å². The summed E-state index contributed by atoms with van der Waals surface area (Å²) in [5.41, 5.74) is 4.99. The maximum absolute atomic E-state index is 13.5. The molecule has 5 aromatic heterocycles. The highest BCUT2D eigenvalue weighted by atomic mass is 16.4. The number of hydrogen-bond acceptors (Lipinski definition) is 7. The molecule has 0 aliphatic carbocycles. The zero-order chi connectivity index (χ0) is 21.8. The number of amides is 1. The number of fused-ring (bicyclic) bond motifs is 2. The molecular formula is C21H19N9O2. The Morgan fingerprint density at radius 3 is 3.00 bits per heavy atom. The van der Waals surface area contributed by atoms with Gasteiger partial charge in [0.05, 0.1) is 35.0 Å². The van der Waals surface area contributed by atoms with E-state index in [0.717, 1.165) is 28.3 Å². The molecule has 1 aliphatic heterocycles. The van der Waals surface area contributed by atoms with Crippen LogP contribution < -0.4 is 0 Å². The summed E-state index contributed by atoms with van der Waals surface area (Å²) in [5.74, 6) is -0.169. The van der Waals surface area contributed by atoms with Gasteiger partial charge in [-0.05, 0) is 25.1 Å². The van der Waals surface area contributed by atoms with Crippen LogP contribution >= 0.6 is 0 Å². The number of carbonyl (C=O) groups excluding carboxylic acids is 1. The maximum atomic E-state index is 13.5. The first-order valence-electron chi connectivity index (χ1n) is 10.2. The molecule has 11 heteroatoms. The summed E-state index contributed by atoms with van der Waals surface area (Å²) in [6.07, 6.45) is 5.82. The molecule has 0 aromatic carbocycles. The summed E-state index contributed by atoms with van der Waals surface area (Å²) in [5, 5.41) is 17.0. The van der Waals surface area contributed by atoms with Crippen LogP contribution in [0, 0.1) is 6.92 Å². The quantitative estimate of drug-likeness (QED) is 0.465. The zero-order valence-corrected chi connectivity index (χ0v) is 17.4. The third kappa shape index (κ3) is 2.74. The van der Waals surface area contributed by atoms with Gasteiger partial charge in [0.25, 0.3) is 5.89 Å². The van der Waals surface area contributed by atoms with E-state index < -0.39 is 6.04 Å². The standard InChI is InChI=1S/C21H19N9O2/c1-12-14(10-24-28(12)2)19-25-26-20(32-19)21(31)29-8-6-15-17(23-11-22-15)18(29)16-9-13-5-3-4-7-30(13)27-16/h3-5,7,9-11,18H,6,8H2,1-2H3,(H,22,23)/t18-/m1/s1. The highest BCUT2D eigenvalue weighted by Crippen LogP contribution is 2.34. The molecule has 160 valence electrons. The molecule has 6 heterocycles. The molecule has 0 saturated heterocycles. The van der Waals surface area contributed by atoms with Crippen LogP contribution in [0.25, 0.3) is 17.0 Å². The lowest BCUT2D eigenvalue weighted by Gasteiger charge is -2.32. The van der Waals surface area contributed by atoms with Crippen LogP contribution in [0.5, 0.6) is 0 Å². The molecule has 1 atom stereocenters. The third-order valence-corrected chi connectivity index (χ3v) is 5.93. The fourth-order valence-electron chi connectivity index (χ4n) is 4.14. The second kappa shape index (κ2) is 6.87. The Morgan fingerprint density at radius 1 is 1.28 bits per heavy atom. The van der Waals surface area contributed by atoms with Gasteiger partial charge in [-0.1, -0.05) is 6.07 Å². The van der Waals surface area contributed by atoms with E-state index in [1.165, 1.54) is 0 Å². The van der Waals surface area contributed by atoms with E-state index in [1.54, 1.807) is 26.6 Å². The molecule has 1 amide bonds. The highest BCUT2D eigenvalue weighted by Gasteiger charge is 2.38. The number of nitrogens with one attached hydrogen (secondary N) is 1. The molecule has 0 unspecified atom stereocenters. The lowest BCUT2D eigenvalue weighted by atomic mass is 9.99. The lowest BCUT2D eigenvalue weighted by molar-refractivity contribution is 0.0646. The van der Waals surface area contributed by atoms with Crippen molar-refractivity contribution in [3.05, 3.63) is 71.7 Å². The minimum atomic E-state index is -0.465. The Kier molecular flexibility index (Phi) is 3.97. The molecule has 0 fully saturated rings. The van der Waals surface area contributed by atoms with Crippen molar-refractivity contribution >= 4 is 11.4 Å². The number of rotatable bonds is 3. The number of aromatic amines is 1. The van der Waals surface area contributed by atoms with Crippen LogP contribution in [0.15, 0.2) is 47.4 Å². The van der Waals surface area contributed by atoms with Gasteiger partial charge < -0.3 is 14.3 Å². The minimum absolute atomic E-state index is 0.0731. The summed E-state index contributed by atoms with van der Waals surface area (Å²) in [6.45, 7) is 2.37. The summed E-state index contributed by atoms with van der Waals surface area (Å²) in [4.78, 5) is 22.9. The van der Waals surface area contributed by atoms with Gasteiger partial charge in [-0.3, -0.25) is 9.48 Å². The van der Waals surface area contributed by atoms with Gasteiger partial charge in [0.1, 0.15) is 6.04 Å². The Hall–Kier alpha value is -4.28. The van der Waals surface area contributed by atoms with Gasteiger partial charge >= 0.3 is 11.8 Å². The van der Waals surface area contributed by atoms with Crippen molar-refractivity contribution < 1.29 is 9.21 Å². The molecule has 0 radical (unpaired) electrons. The van der Waals surface area contributed by atoms with E-state index in [-0.39, 0.29) is 17.7 Å². The number of aromatic nitrogens is 8. The Bertz CT molecular complexity index is 1420. The molecule has 1 N–H and O–H groups in total. The van der Waals surface area contributed by atoms with Crippen LogP contribution in [-0.2, 0) is 13.5 Å². The maximum Gasteiger partial charge on any atom is 0.312 e. The Balaban J connectivity index is 1.40. The van der Waals surface area contributed by atoms with Crippen molar-refractivity contribution in [3.63, 3.8) is 0 Å². The van der Waals surface area contributed by atoms with Gasteiger partial charge in [-0.2, -0.15) is 10.2 Å². The summed E-state index contributed by atoms with van der Waals surface area (Å²) in [6, 6.07) is 7.33. The van der Waals surface area contributed by atoms with Crippen molar-refractivity contribution in [1.82, 2.24) is 44.5 Å². The number of aryl methyl sites for hydroxylation is 1. The molecular weight excluding hydrogens is 410 g/mol. The summed E-state index contributed by atoms with van der Waals surface area (Å²) >= 11 is 0. The van der Waals surface area contributed by atoms with Gasteiger partial charge in [-0.25, -0.2) is 9.50 Å². The number of imidazole rings is 1. The molecule has 5 aromatic rings. The number of nitrogens with zero attached hydrogens (tertiary/aromatic N) is 8. The highest BCUT2D eigenvalue weighted by molar-refractivity contribution is 5.90. The Morgan fingerprint density at radius 2 is 2.19 bits per heavy atom. The lowest BCUT2D eigenvalue weighted by Crippen LogP contribution is -2.41. The van der Waals surface area contributed by atoms with Gasteiger partial charge in [-0.15, -0.1) is 10.2 Å². The van der Waals surface area contributed by atoms with Crippen LogP contribution in [0.3, 0.4) is 0 Å². The second-order valence-corrected chi connectivity index (χ2v) is 7.74. The smallest absolute Gasteiger partial charge is 0.312 e. The fraction of sp³-hybridized carbons (Fsp3) is 0.238. The predicted octanol–water partition coefficient (Wildman–Crippen LogP) is 1.94. The van der Waals surface area contributed by atoms with Crippen molar-refractivity contribution in [2.45, 2.75) is 19.4 Å². The van der Waals surface area contributed by atoms with E-state index in [2.05, 4.69) is 25.3 Å².